The molecule has 10 nitrogen and oxygen atoms in total. The van der Waals surface area contributed by atoms with Gasteiger partial charge in [-0.15, -0.1) is 0 Å². The number of amides is 2. The SMILES string of the molecule is NC(=O)C1CCCN1C(C(=O)O)c1c[nH]c2cc(NC(=O)C3CC=CCC3C(=O)O)ccc12. The van der Waals surface area contributed by atoms with Gasteiger partial charge in [-0.05, 0) is 37.8 Å². The number of carboxylic acid groups (broad SMARTS) is 2. The summed E-state index contributed by atoms with van der Waals surface area (Å²) in [6, 6.07) is 3.36. The second-order valence-corrected chi connectivity index (χ2v) is 8.53. The van der Waals surface area contributed by atoms with E-state index in [1.54, 1.807) is 35.4 Å². The molecule has 4 atom stereocenters. The van der Waals surface area contributed by atoms with Gasteiger partial charge >= 0.3 is 11.9 Å². The lowest BCUT2D eigenvalue weighted by Gasteiger charge is -2.28. The minimum atomic E-state index is -1.08. The van der Waals surface area contributed by atoms with E-state index in [0.29, 0.717) is 54.4 Å². The molecule has 4 unspecified atom stereocenters. The van der Waals surface area contributed by atoms with Crippen molar-refractivity contribution in [1.82, 2.24) is 9.88 Å². The van der Waals surface area contributed by atoms with Crippen LogP contribution in [0.25, 0.3) is 10.9 Å². The molecule has 4 rings (SSSR count). The van der Waals surface area contributed by atoms with Gasteiger partial charge in [-0.3, -0.25) is 24.1 Å². The zero-order chi connectivity index (χ0) is 23.7. The number of primary amides is 1. The third kappa shape index (κ3) is 4.34. The zero-order valence-corrected chi connectivity index (χ0v) is 17.9. The molecule has 1 aliphatic carbocycles. The van der Waals surface area contributed by atoms with Gasteiger partial charge in [0.25, 0.3) is 0 Å². The number of aliphatic carboxylic acids is 2. The van der Waals surface area contributed by atoms with Crippen LogP contribution in [0.3, 0.4) is 0 Å². The fourth-order valence-electron chi connectivity index (χ4n) is 4.92. The number of aromatic nitrogens is 1. The van der Waals surface area contributed by atoms with E-state index in [-0.39, 0.29) is 5.91 Å². The third-order valence-corrected chi connectivity index (χ3v) is 6.55. The maximum Gasteiger partial charge on any atom is 0.325 e. The number of carbonyl (C=O) groups is 4. The summed E-state index contributed by atoms with van der Waals surface area (Å²) in [5.74, 6) is -4.43. The molecule has 10 heteroatoms. The van der Waals surface area contributed by atoms with Gasteiger partial charge < -0.3 is 26.2 Å². The number of allylic oxidation sites excluding steroid dienone is 2. The van der Waals surface area contributed by atoms with Gasteiger partial charge in [0.2, 0.25) is 11.8 Å². The molecule has 1 aromatic heterocycles. The van der Waals surface area contributed by atoms with Crippen LogP contribution in [0.4, 0.5) is 5.69 Å². The highest BCUT2D eigenvalue weighted by Gasteiger charge is 2.39. The molecule has 2 amide bonds. The van der Waals surface area contributed by atoms with Crippen LogP contribution in [0.5, 0.6) is 0 Å². The average Bonchev–Trinajstić information content (AvgIpc) is 3.41. The summed E-state index contributed by atoms with van der Waals surface area (Å²) in [5, 5.41) is 22.8. The number of aromatic amines is 1. The highest BCUT2D eigenvalue weighted by molar-refractivity contribution is 5.98. The number of likely N-dealkylation sites (tertiary alicyclic amines) is 1. The van der Waals surface area contributed by atoms with Crippen molar-refractivity contribution in [2.24, 2.45) is 17.6 Å². The summed E-state index contributed by atoms with van der Waals surface area (Å²) < 4.78 is 0. The molecule has 1 saturated heterocycles. The number of hydrogen-bond donors (Lipinski definition) is 5. The molecule has 0 bridgehead atoms. The van der Waals surface area contributed by atoms with Crippen LogP contribution >= 0.6 is 0 Å². The summed E-state index contributed by atoms with van der Waals surface area (Å²) >= 11 is 0. The fourth-order valence-corrected chi connectivity index (χ4v) is 4.92. The molecule has 2 aromatic rings. The molecule has 0 radical (unpaired) electrons. The standard InChI is InChI=1S/C23H26N4O6/c24-20(28)18-6-3-9-27(18)19(23(32)33)16-11-25-17-10-12(7-8-13(16)17)26-21(29)14-4-1-2-5-15(14)22(30)31/h1-2,7-8,10-11,14-15,18-19,25H,3-6,9H2,(H2,24,28)(H,26,29)(H,30,31)(H,32,33). The second-order valence-electron chi connectivity index (χ2n) is 8.53. The van der Waals surface area contributed by atoms with Crippen LogP contribution in [-0.2, 0) is 19.2 Å². The summed E-state index contributed by atoms with van der Waals surface area (Å²) in [4.78, 5) is 52.9. The molecule has 2 heterocycles. The maximum atomic E-state index is 12.7. The minimum absolute atomic E-state index is 0.311. The van der Waals surface area contributed by atoms with E-state index in [9.17, 15) is 29.4 Å². The van der Waals surface area contributed by atoms with Gasteiger partial charge in [0.05, 0.1) is 17.9 Å². The Hall–Kier alpha value is -3.66. The normalized spacial score (nSPS) is 23.9. The molecular formula is C23H26N4O6. The van der Waals surface area contributed by atoms with Gasteiger partial charge in [-0.25, -0.2) is 0 Å². The molecule has 1 fully saturated rings. The number of rotatable bonds is 7. The van der Waals surface area contributed by atoms with Gasteiger partial charge in [0.15, 0.2) is 0 Å². The molecule has 1 aliphatic heterocycles. The van der Waals surface area contributed by atoms with E-state index in [1.165, 1.54) is 0 Å². The van der Waals surface area contributed by atoms with Crippen molar-refractivity contribution in [3.05, 3.63) is 42.1 Å². The molecule has 174 valence electrons. The Morgan fingerprint density at radius 1 is 1.12 bits per heavy atom. The van der Waals surface area contributed by atoms with Crippen LogP contribution in [0, 0.1) is 11.8 Å². The Bertz CT molecular complexity index is 1140. The first-order valence-corrected chi connectivity index (χ1v) is 10.9. The average molecular weight is 454 g/mol. The maximum absolute atomic E-state index is 12.7. The largest absolute Gasteiger partial charge is 0.481 e. The van der Waals surface area contributed by atoms with Gasteiger partial charge in [0, 0.05) is 34.9 Å². The topological polar surface area (TPSA) is 166 Å². The number of fused-ring (bicyclic) bond motifs is 1. The number of hydrogen-bond acceptors (Lipinski definition) is 5. The number of carboxylic acids is 2. The lowest BCUT2D eigenvalue weighted by Crippen LogP contribution is -2.44. The van der Waals surface area contributed by atoms with Crippen LogP contribution in [0.15, 0.2) is 36.5 Å². The first-order valence-electron chi connectivity index (χ1n) is 10.9. The van der Waals surface area contributed by atoms with Gasteiger partial charge in [-0.2, -0.15) is 0 Å². The number of nitrogens with two attached hydrogens (primary N) is 1. The summed E-state index contributed by atoms with van der Waals surface area (Å²) in [6.07, 6.45) is 7.05. The third-order valence-electron chi connectivity index (χ3n) is 6.55. The molecule has 6 N–H and O–H groups in total. The molecule has 2 aliphatic rings. The number of carbonyl (C=O) groups excluding carboxylic acids is 2. The van der Waals surface area contributed by atoms with Crippen LogP contribution in [0.2, 0.25) is 0 Å². The molecular weight excluding hydrogens is 428 g/mol. The van der Waals surface area contributed by atoms with Crippen LogP contribution in [-0.4, -0.2) is 56.4 Å². The number of nitrogens with zero attached hydrogens (tertiary/aromatic N) is 1. The highest BCUT2D eigenvalue weighted by atomic mass is 16.4. The van der Waals surface area contributed by atoms with Gasteiger partial charge in [-0.1, -0.05) is 18.2 Å². The molecule has 1 aromatic carbocycles. The van der Waals surface area contributed by atoms with Crippen molar-refractivity contribution in [2.45, 2.75) is 37.8 Å². The Morgan fingerprint density at radius 2 is 1.85 bits per heavy atom. The summed E-state index contributed by atoms with van der Waals surface area (Å²) in [7, 11) is 0. The van der Waals surface area contributed by atoms with Crippen molar-refractivity contribution in [1.29, 1.82) is 0 Å². The van der Waals surface area contributed by atoms with E-state index in [2.05, 4.69) is 10.3 Å². The Morgan fingerprint density at radius 3 is 2.52 bits per heavy atom. The lowest BCUT2D eigenvalue weighted by atomic mass is 9.82. The van der Waals surface area contributed by atoms with E-state index in [4.69, 9.17) is 5.73 Å². The lowest BCUT2D eigenvalue weighted by molar-refractivity contribution is -0.146. The van der Waals surface area contributed by atoms with Crippen molar-refractivity contribution < 1.29 is 29.4 Å². The van der Waals surface area contributed by atoms with Gasteiger partial charge in [0.1, 0.15) is 6.04 Å². The number of nitrogens with one attached hydrogen (secondary N) is 2. The Labute approximate surface area is 189 Å². The Balaban J connectivity index is 1.58. The van der Waals surface area contributed by atoms with Crippen LogP contribution in [0.1, 0.15) is 37.3 Å². The van der Waals surface area contributed by atoms with Crippen molar-refractivity contribution in [2.75, 3.05) is 11.9 Å². The van der Waals surface area contributed by atoms with Crippen molar-refractivity contribution in [3.8, 4) is 0 Å². The quantitative estimate of drug-likeness (QED) is 0.398. The molecule has 0 spiro atoms. The first kappa shape index (κ1) is 22.5. The van der Waals surface area contributed by atoms with E-state index >= 15 is 0 Å². The first-order chi connectivity index (χ1) is 15.8. The van der Waals surface area contributed by atoms with Crippen LogP contribution < -0.4 is 11.1 Å². The second kappa shape index (κ2) is 9.07. The van der Waals surface area contributed by atoms with E-state index in [1.807, 2.05) is 6.08 Å². The highest BCUT2D eigenvalue weighted by Crippen LogP contribution is 2.35. The predicted molar refractivity (Wildman–Crippen MR) is 119 cm³/mol. The zero-order valence-electron chi connectivity index (χ0n) is 17.9. The number of benzene rings is 1. The summed E-state index contributed by atoms with van der Waals surface area (Å²) in [5.41, 5.74) is 7.08. The Kier molecular flexibility index (Phi) is 6.19. The predicted octanol–water partition coefficient (Wildman–Crippen LogP) is 1.85. The van der Waals surface area contributed by atoms with E-state index < -0.39 is 41.8 Å². The number of H-pyrrole nitrogens is 1. The molecule has 33 heavy (non-hydrogen) atoms. The minimum Gasteiger partial charge on any atom is -0.481 e. The number of anilines is 1. The van der Waals surface area contributed by atoms with Crippen molar-refractivity contribution in [3.63, 3.8) is 0 Å². The van der Waals surface area contributed by atoms with Crippen molar-refractivity contribution >= 4 is 40.3 Å². The molecule has 0 saturated carbocycles. The smallest absolute Gasteiger partial charge is 0.325 e. The van der Waals surface area contributed by atoms with E-state index in [0.717, 1.165) is 0 Å². The fraction of sp³-hybridized carbons (Fsp3) is 0.391. The monoisotopic (exact) mass is 454 g/mol. The summed E-state index contributed by atoms with van der Waals surface area (Å²) in [6.45, 7) is 0.450.